The van der Waals surface area contributed by atoms with Crippen molar-refractivity contribution >= 4 is 23.0 Å². The summed E-state index contributed by atoms with van der Waals surface area (Å²) in [7, 11) is 1.52. The molecule has 21 heavy (non-hydrogen) atoms. The van der Waals surface area contributed by atoms with Gasteiger partial charge < -0.3 is 15.2 Å². The maximum absolute atomic E-state index is 11.2. The van der Waals surface area contributed by atoms with Crippen molar-refractivity contribution in [3.05, 3.63) is 58.1 Å². The van der Waals surface area contributed by atoms with Crippen LogP contribution in [-0.4, -0.2) is 23.1 Å². The van der Waals surface area contributed by atoms with E-state index in [1.54, 1.807) is 24.3 Å². The Balaban J connectivity index is 2.38. The fourth-order valence-corrected chi connectivity index (χ4v) is 1.79. The average molecular weight is 288 g/mol. The summed E-state index contributed by atoms with van der Waals surface area (Å²) < 4.78 is 5.08. The van der Waals surface area contributed by atoms with Crippen molar-refractivity contribution in [2.75, 3.05) is 12.4 Å². The van der Waals surface area contributed by atoms with Gasteiger partial charge >= 0.3 is 5.97 Å². The number of benzene rings is 2. The zero-order valence-electron chi connectivity index (χ0n) is 11.1. The first kappa shape index (κ1) is 14.3. The van der Waals surface area contributed by atoms with Gasteiger partial charge in [0.25, 0.3) is 5.69 Å². The van der Waals surface area contributed by atoms with E-state index in [1.165, 1.54) is 19.2 Å². The van der Waals surface area contributed by atoms with E-state index >= 15 is 0 Å². The Kier molecular flexibility index (Phi) is 4.03. The van der Waals surface area contributed by atoms with E-state index < -0.39 is 10.9 Å². The molecule has 0 aliphatic rings. The van der Waals surface area contributed by atoms with Crippen molar-refractivity contribution in [2.45, 2.75) is 0 Å². The van der Waals surface area contributed by atoms with Crippen LogP contribution in [0.5, 0.6) is 5.75 Å². The van der Waals surface area contributed by atoms with Gasteiger partial charge in [0.2, 0.25) is 0 Å². The van der Waals surface area contributed by atoms with Gasteiger partial charge in [0.15, 0.2) is 0 Å². The fourth-order valence-electron chi connectivity index (χ4n) is 1.79. The molecular formula is C14H12N2O5. The first-order valence-electron chi connectivity index (χ1n) is 5.94. The highest BCUT2D eigenvalue weighted by Gasteiger charge is 2.16. The Morgan fingerprint density at radius 2 is 2.05 bits per heavy atom. The number of non-ortho nitro benzene ring substituents is 1. The monoisotopic (exact) mass is 288 g/mol. The first-order valence-corrected chi connectivity index (χ1v) is 5.94. The molecule has 2 N–H and O–H groups in total. The largest absolute Gasteiger partial charge is 0.497 e. The van der Waals surface area contributed by atoms with Gasteiger partial charge in [0, 0.05) is 23.9 Å². The van der Waals surface area contributed by atoms with E-state index in [0.29, 0.717) is 11.4 Å². The highest BCUT2D eigenvalue weighted by atomic mass is 16.6. The Hall–Kier alpha value is -3.09. The lowest BCUT2D eigenvalue weighted by Gasteiger charge is -2.10. The molecule has 0 atom stereocenters. The van der Waals surface area contributed by atoms with E-state index in [9.17, 15) is 14.9 Å². The minimum Gasteiger partial charge on any atom is -0.497 e. The number of carbonyl (C=O) groups is 1. The van der Waals surface area contributed by atoms with Crippen molar-refractivity contribution in [3.63, 3.8) is 0 Å². The molecule has 0 saturated carbocycles. The Morgan fingerprint density at radius 1 is 1.29 bits per heavy atom. The average Bonchev–Trinajstić information content (AvgIpc) is 2.47. The molecule has 0 radical (unpaired) electrons. The molecule has 2 aromatic rings. The molecule has 0 unspecified atom stereocenters. The minimum atomic E-state index is -1.25. The predicted octanol–water partition coefficient (Wildman–Crippen LogP) is 3.05. The number of carboxylic acid groups (broad SMARTS) is 1. The number of nitrogens with zero attached hydrogens (tertiary/aromatic N) is 1. The molecular weight excluding hydrogens is 276 g/mol. The van der Waals surface area contributed by atoms with Gasteiger partial charge in [0.1, 0.15) is 5.75 Å². The van der Waals surface area contributed by atoms with Crippen LogP contribution >= 0.6 is 0 Å². The number of ether oxygens (including phenoxy) is 1. The van der Waals surface area contributed by atoms with Crippen LogP contribution in [0.2, 0.25) is 0 Å². The number of rotatable bonds is 5. The second-order valence-corrected chi connectivity index (χ2v) is 4.15. The Labute approximate surface area is 119 Å². The number of hydrogen-bond acceptors (Lipinski definition) is 5. The number of nitro benzene ring substituents is 1. The lowest BCUT2D eigenvalue weighted by atomic mass is 10.1. The first-order chi connectivity index (χ1) is 10.0. The smallest absolute Gasteiger partial charge is 0.338 e. The van der Waals surface area contributed by atoms with Crippen LogP contribution in [0.1, 0.15) is 10.4 Å². The van der Waals surface area contributed by atoms with Crippen molar-refractivity contribution in [2.24, 2.45) is 0 Å². The summed E-state index contributed by atoms with van der Waals surface area (Å²) in [6.07, 6.45) is 0. The van der Waals surface area contributed by atoms with Crippen molar-refractivity contribution in [1.29, 1.82) is 0 Å². The number of methoxy groups -OCH3 is 1. The number of aromatic carboxylic acids is 1. The Bertz CT molecular complexity index is 700. The van der Waals surface area contributed by atoms with Crippen LogP contribution in [0.15, 0.2) is 42.5 Å². The van der Waals surface area contributed by atoms with Gasteiger partial charge in [-0.1, -0.05) is 6.07 Å². The van der Waals surface area contributed by atoms with E-state index in [2.05, 4.69) is 5.32 Å². The zero-order chi connectivity index (χ0) is 15.4. The van der Waals surface area contributed by atoms with Crippen molar-refractivity contribution < 1.29 is 19.6 Å². The predicted molar refractivity (Wildman–Crippen MR) is 76.3 cm³/mol. The number of anilines is 2. The summed E-state index contributed by atoms with van der Waals surface area (Å²) in [5, 5.41) is 22.8. The molecule has 0 fully saturated rings. The lowest BCUT2D eigenvalue weighted by molar-refractivity contribution is -0.384. The summed E-state index contributed by atoms with van der Waals surface area (Å²) in [5.74, 6) is -0.636. The second kappa shape index (κ2) is 5.91. The summed E-state index contributed by atoms with van der Waals surface area (Å²) in [5.41, 5.74) is 0.433. The second-order valence-electron chi connectivity index (χ2n) is 4.15. The maximum Gasteiger partial charge on any atom is 0.338 e. The van der Waals surface area contributed by atoms with Crippen LogP contribution in [0.25, 0.3) is 0 Å². The van der Waals surface area contributed by atoms with E-state index in [4.69, 9.17) is 9.84 Å². The van der Waals surface area contributed by atoms with E-state index in [0.717, 1.165) is 6.07 Å². The van der Waals surface area contributed by atoms with Gasteiger partial charge in [-0.15, -0.1) is 0 Å². The molecule has 0 aliphatic heterocycles. The van der Waals surface area contributed by atoms with Crippen LogP contribution in [0.4, 0.5) is 17.1 Å². The highest BCUT2D eigenvalue weighted by molar-refractivity contribution is 5.96. The standard InChI is InChI=1S/C14H12N2O5/c1-21-11-4-2-3-9(7-11)15-13-6-5-10(16(19)20)8-12(13)14(17)18/h2-8,15H,1H3,(H,17,18). The number of nitro groups is 1. The molecule has 7 nitrogen and oxygen atoms in total. The van der Waals surface area contributed by atoms with Gasteiger partial charge in [0.05, 0.1) is 23.3 Å². The molecule has 2 aromatic carbocycles. The third-order valence-corrected chi connectivity index (χ3v) is 2.79. The normalized spacial score (nSPS) is 9.95. The molecule has 0 spiro atoms. The quantitative estimate of drug-likeness (QED) is 0.647. The third kappa shape index (κ3) is 3.27. The lowest BCUT2D eigenvalue weighted by Crippen LogP contribution is -2.04. The summed E-state index contributed by atoms with van der Waals surface area (Å²) >= 11 is 0. The molecule has 0 bridgehead atoms. The number of hydrogen-bond donors (Lipinski definition) is 2. The van der Waals surface area contributed by atoms with E-state index in [-0.39, 0.29) is 16.9 Å². The summed E-state index contributed by atoms with van der Waals surface area (Å²) in [4.78, 5) is 21.3. The van der Waals surface area contributed by atoms with Crippen molar-refractivity contribution in [3.8, 4) is 5.75 Å². The summed E-state index contributed by atoms with van der Waals surface area (Å²) in [6.45, 7) is 0. The van der Waals surface area contributed by atoms with Gasteiger partial charge in [-0.2, -0.15) is 0 Å². The SMILES string of the molecule is COc1cccc(Nc2ccc([N+](=O)[O-])cc2C(=O)O)c1. The maximum atomic E-state index is 11.2. The van der Waals surface area contributed by atoms with Crippen LogP contribution in [0, 0.1) is 10.1 Å². The molecule has 0 heterocycles. The molecule has 7 heteroatoms. The fraction of sp³-hybridized carbons (Fsp3) is 0.0714. The van der Waals surface area contributed by atoms with Gasteiger partial charge in [-0.25, -0.2) is 4.79 Å². The third-order valence-electron chi connectivity index (χ3n) is 2.79. The molecule has 2 rings (SSSR count). The Morgan fingerprint density at radius 3 is 2.67 bits per heavy atom. The summed E-state index contributed by atoms with van der Waals surface area (Å²) in [6, 6.07) is 10.5. The zero-order valence-corrected chi connectivity index (χ0v) is 11.1. The topological polar surface area (TPSA) is 102 Å². The van der Waals surface area contributed by atoms with Gasteiger partial charge in [-0.05, 0) is 18.2 Å². The highest BCUT2D eigenvalue weighted by Crippen LogP contribution is 2.27. The molecule has 108 valence electrons. The van der Waals surface area contributed by atoms with Crippen LogP contribution < -0.4 is 10.1 Å². The molecule has 0 aromatic heterocycles. The molecule has 0 aliphatic carbocycles. The molecule has 0 saturated heterocycles. The van der Waals surface area contributed by atoms with Crippen molar-refractivity contribution in [1.82, 2.24) is 0 Å². The minimum absolute atomic E-state index is 0.174. The number of carboxylic acids is 1. The van der Waals surface area contributed by atoms with E-state index in [1.807, 2.05) is 0 Å². The molecule has 0 amide bonds. The number of nitrogens with one attached hydrogen (secondary N) is 1. The van der Waals surface area contributed by atoms with Crippen LogP contribution in [-0.2, 0) is 0 Å². The van der Waals surface area contributed by atoms with Crippen LogP contribution in [0.3, 0.4) is 0 Å². The van der Waals surface area contributed by atoms with Gasteiger partial charge in [-0.3, -0.25) is 10.1 Å².